The molecule has 174 valence electrons. The lowest BCUT2D eigenvalue weighted by atomic mass is 9.46. The van der Waals surface area contributed by atoms with Crippen LogP contribution in [0, 0.1) is 40.9 Å². The molecule has 1 unspecified atom stereocenters. The van der Waals surface area contributed by atoms with Gasteiger partial charge in [0.1, 0.15) is 5.78 Å². The number of piperidine rings is 1. The van der Waals surface area contributed by atoms with Gasteiger partial charge in [-0.15, -0.1) is 0 Å². The second-order valence-corrected chi connectivity index (χ2v) is 13.1. The fourth-order valence-corrected chi connectivity index (χ4v) is 9.79. The monoisotopic (exact) mass is 435 g/mol. The topological polar surface area (TPSA) is 38.3 Å². The summed E-state index contributed by atoms with van der Waals surface area (Å²) in [5.41, 5.74) is 3.69. The number of rotatable bonds is 0. The smallest absolute Gasteiger partial charge is 0.127 e. The largest absolute Gasteiger partial charge is 0.369 e. The molecule has 2 aliphatic heterocycles. The van der Waals surface area contributed by atoms with E-state index in [1.54, 1.807) is 11.1 Å². The highest BCUT2D eigenvalue weighted by Crippen LogP contribution is 2.66. The average Bonchev–Trinajstić information content (AvgIpc) is 3.21. The van der Waals surface area contributed by atoms with Gasteiger partial charge in [0.2, 0.25) is 0 Å². The predicted molar refractivity (Wildman–Crippen MR) is 129 cm³/mol. The Morgan fingerprint density at radius 2 is 1.94 bits per heavy atom. The summed E-state index contributed by atoms with van der Waals surface area (Å²) in [7, 11) is 6.48. The number of Topliss-reactive ketones (excluding diaryl/α,β-unsaturated/α-hetero) is 1. The number of carbonyl (C=O) groups is 1. The number of carbonyl (C=O) groups excluding carboxylic acids is 1. The molecule has 4 aliphatic carbocycles. The van der Waals surface area contributed by atoms with Gasteiger partial charge in [-0.3, -0.25) is 0 Å². The van der Waals surface area contributed by atoms with Crippen LogP contribution < -0.4 is 5.32 Å². The average molecular weight is 435 g/mol. The van der Waals surface area contributed by atoms with Crippen molar-refractivity contribution in [2.75, 3.05) is 6.54 Å². The van der Waals surface area contributed by atoms with Gasteiger partial charge in [-0.25, -0.2) is 0 Å². The number of nitrogens with one attached hydrogen (secondary N) is 1. The third-order valence-electron chi connectivity index (χ3n) is 11.6. The zero-order chi connectivity index (χ0) is 22.4. The highest BCUT2D eigenvalue weighted by Gasteiger charge is 2.60. The second kappa shape index (κ2) is 7.44. The molecular weight excluding hydrogens is 393 g/mol. The Bertz CT molecular complexity index is 839. The Hall–Kier alpha value is -0.605. The van der Waals surface area contributed by atoms with Gasteiger partial charge < -0.3 is 14.8 Å². The van der Waals surface area contributed by atoms with Gasteiger partial charge in [-0.2, -0.15) is 0 Å². The van der Waals surface area contributed by atoms with Gasteiger partial charge in [0, 0.05) is 18.4 Å². The van der Waals surface area contributed by atoms with Gasteiger partial charge in [0.25, 0.3) is 0 Å². The predicted octanol–water partition coefficient (Wildman–Crippen LogP) is 5.25. The minimum Gasteiger partial charge on any atom is -0.369 e. The van der Waals surface area contributed by atoms with E-state index in [1.165, 1.54) is 32.1 Å². The molecule has 2 heterocycles. The molecule has 5 fully saturated rings. The fraction of sp³-hybridized carbons (Fsp3) is 0.893. The summed E-state index contributed by atoms with van der Waals surface area (Å²) in [4.78, 5) is 12.4. The number of ketones is 1. The Balaban J connectivity index is 1.28. The molecule has 2 radical (unpaired) electrons. The maximum absolute atomic E-state index is 12.4. The van der Waals surface area contributed by atoms with Gasteiger partial charge in [-0.05, 0) is 106 Å². The fourth-order valence-electron chi connectivity index (χ4n) is 9.79. The number of fused-ring (bicyclic) bond motifs is 6. The Morgan fingerprint density at radius 3 is 2.75 bits per heavy atom. The Morgan fingerprint density at radius 1 is 1.12 bits per heavy atom. The highest BCUT2D eigenvalue weighted by atomic mass is 16.5. The molecule has 1 spiro atoms. The van der Waals surface area contributed by atoms with Crippen molar-refractivity contribution in [3.05, 3.63) is 11.1 Å². The lowest BCUT2D eigenvalue weighted by molar-refractivity contribution is -0.129. The van der Waals surface area contributed by atoms with E-state index in [2.05, 4.69) is 33.0 Å². The van der Waals surface area contributed by atoms with Crippen LogP contribution in [0.3, 0.4) is 0 Å². The molecule has 0 amide bonds. The van der Waals surface area contributed by atoms with Gasteiger partial charge in [-0.1, -0.05) is 31.9 Å². The van der Waals surface area contributed by atoms with Crippen molar-refractivity contribution in [1.82, 2.24) is 5.32 Å². The van der Waals surface area contributed by atoms with E-state index in [4.69, 9.17) is 12.6 Å². The minimum atomic E-state index is -0.218. The van der Waals surface area contributed by atoms with Crippen molar-refractivity contribution in [3.8, 4) is 0 Å². The first-order valence-corrected chi connectivity index (χ1v) is 13.6. The molecule has 0 aromatic rings. The summed E-state index contributed by atoms with van der Waals surface area (Å²) in [6.45, 7) is 10.9. The molecule has 3 saturated carbocycles. The lowest BCUT2D eigenvalue weighted by Crippen LogP contribution is -2.49. The molecule has 3 nitrogen and oxygen atoms in total. The standard InChI is InChI=1S/C28H42BNO2/c1-15-11-24-26(30-14-15)17(3)28(32-24)10-7-18-19-5-6-21-25(29)23(31)8-9-27(21,4)22(19)12-20(18)16(2)13-28/h15,17-19,21-22,24-26,30H,5-14H2,1-4H3/t15-,17+,18-,19-,21+,22-,24+,25?,26-,27-,28-/m0/s1. The zero-order valence-electron chi connectivity index (χ0n) is 20.7. The molecule has 6 rings (SSSR count). The Kier molecular flexibility index (Phi) is 5.09. The first kappa shape index (κ1) is 21.9. The van der Waals surface area contributed by atoms with Gasteiger partial charge >= 0.3 is 0 Å². The molecule has 4 heteroatoms. The summed E-state index contributed by atoms with van der Waals surface area (Å²) < 4.78 is 7.01. The molecule has 2 saturated heterocycles. The van der Waals surface area contributed by atoms with Crippen LogP contribution in [-0.2, 0) is 9.53 Å². The molecule has 0 aromatic heterocycles. The maximum Gasteiger partial charge on any atom is 0.127 e. The maximum atomic E-state index is 12.4. The quantitative estimate of drug-likeness (QED) is 0.417. The molecule has 0 bridgehead atoms. The number of hydrogen-bond donors (Lipinski definition) is 1. The normalized spacial score (nSPS) is 55.2. The van der Waals surface area contributed by atoms with Crippen molar-refractivity contribution >= 4 is 13.6 Å². The molecular formula is C28H42BNO2. The van der Waals surface area contributed by atoms with E-state index < -0.39 is 0 Å². The second-order valence-electron chi connectivity index (χ2n) is 13.1. The lowest BCUT2D eigenvalue weighted by Gasteiger charge is -2.54. The van der Waals surface area contributed by atoms with Crippen LogP contribution in [-0.4, -0.2) is 37.9 Å². The van der Waals surface area contributed by atoms with E-state index in [0.29, 0.717) is 42.1 Å². The summed E-state index contributed by atoms with van der Waals surface area (Å²) >= 11 is 0. The van der Waals surface area contributed by atoms with Crippen LogP contribution in [0.4, 0.5) is 0 Å². The van der Waals surface area contributed by atoms with Crippen molar-refractivity contribution in [2.24, 2.45) is 40.9 Å². The van der Waals surface area contributed by atoms with Crippen LogP contribution in [0.1, 0.15) is 85.5 Å². The van der Waals surface area contributed by atoms with Crippen molar-refractivity contribution < 1.29 is 9.53 Å². The first-order chi connectivity index (χ1) is 15.2. The summed E-state index contributed by atoms with van der Waals surface area (Å²) in [5.74, 6) is 4.03. The summed E-state index contributed by atoms with van der Waals surface area (Å²) in [5, 5.41) is 3.85. The van der Waals surface area contributed by atoms with Crippen molar-refractivity contribution in [2.45, 2.75) is 109 Å². The van der Waals surface area contributed by atoms with Crippen LogP contribution in [0.25, 0.3) is 0 Å². The van der Waals surface area contributed by atoms with Crippen molar-refractivity contribution in [1.29, 1.82) is 0 Å². The van der Waals surface area contributed by atoms with Crippen LogP contribution in [0.5, 0.6) is 0 Å². The third kappa shape index (κ3) is 2.97. The third-order valence-corrected chi connectivity index (χ3v) is 11.6. The first-order valence-electron chi connectivity index (χ1n) is 13.6. The van der Waals surface area contributed by atoms with E-state index in [-0.39, 0.29) is 16.8 Å². The summed E-state index contributed by atoms with van der Waals surface area (Å²) in [6, 6.07) is 0.533. The van der Waals surface area contributed by atoms with Crippen LogP contribution in [0.2, 0.25) is 5.82 Å². The zero-order valence-corrected chi connectivity index (χ0v) is 20.7. The van der Waals surface area contributed by atoms with Crippen LogP contribution >= 0.6 is 0 Å². The van der Waals surface area contributed by atoms with E-state index in [9.17, 15) is 4.79 Å². The molecule has 0 aromatic carbocycles. The van der Waals surface area contributed by atoms with E-state index in [0.717, 1.165) is 43.6 Å². The molecule has 1 N–H and O–H groups in total. The van der Waals surface area contributed by atoms with Gasteiger partial charge in [0.15, 0.2) is 0 Å². The minimum absolute atomic E-state index is 0.0318. The van der Waals surface area contributed by atoms with Crippen LogP contribution in [0.15, 0.2) is 11.1 Å². The summed E-state index contributed by atoms with van der Waals surface area (Å²) in [6.07, 6.45) is 10.7. The van der Waals surface area contributed by atoms with E-state index in [1.807, 2.05) is 0 Å². The number of ether oxygens (including phenoxy) is 1. The number of allylic oxidation sites excluding steroid dienone is 1. The van der Waals surface area contributed by atoms with Gasteiger partial charge in [0.05, 0.1) is 19.6 Å². The molecule has 32 heavy (non-hydrogen) atoms. The molecule has 11 atom stereocenters. The van der Waals surface area contributed by atoms with E-state index >= 15 is 0 Å². The Labute approximate surface area is 196 Å². The number of hydrogen-bond acceptors (Lipinski definition) is 3. The van der Waals surface area contributed by atoms with Crippen molar-refractivity contribution in [3.63, 3.8) is 0 Å². The molecule has 6 aliphatic rings. The SMILES string of the molecule is [B]C1C(=O)CC[C@@]2(C)[C@@H]1CC[C@H]1[C@@H]3CC[C@@]4(CC(C)=C3C[C@@H]12)O[C@@H]1C[C@H](C)CN[C@H]1[C@H]4C. The highest BCUT2D eigenvalue weighted by molar-refractivity contribution is 6.24.